The van der Waals surface area contributed by atoms with Crippen molar-refractivity contribution in [2.75, 3.05) is 5.32 Å². The van der Waals surface area contributed by atoms with Crippen molar-refractivity contribution in [3.8, 4) is 0 Å². The standard InChI is InChI=1S/C13H16F4N2O/c1-7(2)5-11(18)12(20)19-8-3-4-10(14)9(6-8)13(15,16)17/h3-4,6-7,11H,5,18H2,1-2H3,(H,19,20)/t11-/m0/s1. The molecule has 3 N–H and O–H groups in total. The Morgan fingerprint density at radius 2 is 1.95 bits per heavy atom. The molecule has 1 amide bonds. The maximum absolute atomic E-state index is 13.1. The summed E-state index contributed by atoms with van der Waals surface area (Å²) in [6, 6.07) is 1.45. The molecule has 1 aromatic rings. The van der Waals surface area contributed by atoms with Crippen LogP contribution in [0, 0.1) is 11.7 Å². The zero-order valence-corrected chi connectivity index (χ0v) is 11.1. The lowest BCUT2D eigenvalue weighted by Gasteiger charge is -2.15. The molecule has 0 unspecified atom stereocenters. The first kappa shape index (κ1) is 16.4. The minimum absolute atomic E-state index is 0.136. The Morgan fingerprint density at radius 3 is 2.45 bits per heavy atom. The van der Waals surface area contributed by atoms with Gasteiger partial charge in [0.25, 0.3) is 0 Å². The second-order valence-corrected chi connectivity index (χ2v) is 4.92. The molecule has 0 saturated carbocycles. The SMILES string of the molecule is CC(C)C[C@H](N)C(=O)Nc1ccc(F)c(C(F)(F)F)c1. The first-order valence-electron chi connectivity index (χ1n) is 6.04. The second kappa shape index (κ2) is 6.21. The number of rotatable bonds is 4. The summed E-state index contributed by atoms with van der Waals surface area (Å²) >= 11 is 0. The number of nitrogens with two attached hydrogens (primary N) is 1. The Hall–Kier alpha value is -1.63. The Balaban J connectivity index is 2.86. The number of hydrogen-bond acceptors (Lipinski definition) is 2. The number of amides is 1. The molecule has 0 aliphatic heterocycles. The molecule has 20 heavy (non-hydrogen) atoms. The highest BCUT2D eigenvalue weighted by atomic mass is 19.4. The molecule has 0 spiro atoms. The van der Waals surface area contributed by atoms with Crippen molar-refractivity contribution >= 4 is 11.6 Å². The van der Waals surface area contributed by atoms with Crippen LogP contribution in [0.25, 0.3) is 0 Å². The predicted molar refractivity (Wildman–Crippen MR) is 67.5 cm³/mol. The molecule has 1 aromatic carbocycles. The second-order valence-electron chi connectivity index (χ2n) is 4.92. The van der Waals surface area contributed by atoms with Gasteiger partial charge >= 0.3 is 6.18 Å². The van der Waals surface area contributed by atoms with Crippen LogP contribution in [0.5, 0.6) is 0 Å². The van der Waals surface area contributed by atoms with Gasteiger partial charge in [-0.2, -0.15) is 13.2 Å². The molecule has 3 nitrogen and oxygen atoms in total. The summed E-state index contributed by atoms with van der Waals surface area (Å²) in [6.07, 6.45) is -4.41. The summed E-state index contributed by atoms with van der Waals surface area (Å²) in [6.45, 7) is 3.74. The molecule has 112 valence electrons. The minimum atomic E-state index is -4.81. The van der Waals surface area contributed by atoms with Gasteiger partial charge in [0.2, 0.25) is 5.91 Å². The lowest BCUT2D eigenvalue weighted by atomic mass is 10.0. The van der Waals surface area contributed by atoms with Crippen LogP contribution in [0.4, 0.5) is 23.2 Å². The number of anilines is 1. The molecule has 0 bridgehead atoms. The quantitative estimate of drug-likeness (QED) is 0.838. The van der Waals surface area contributed by atoms with E-state index in [1.807, 2.05) is 13.8 Å². The molecule has 1 atom stereocenters. The van der Waals surface area contributed by atoms with Gasteiger partial charge in [0.15, 0.2) is 0 Å². The van der Waals surface area contributed by atoms with E-state index in [0.29, 0.717) is 18.6 Å². The number of benzene rings is 1. The third kappa shape index (κ3) is 4.48. The average Bonchev–Trinajstić information content (AvgIpc) is 2.29. The van der Waals surface area contributed by atoms with Crippen molar-refractivity contribution in [2.24, 2.45) is 11.7 Å². The number of hydrogen-bond donors (Lipinski definition) is 2. The van der Waals surface area contributed by atoms with Crippen LogP contribution in [0.1, 0.15) is 25.8 Å². The lowest BCUT2D eigenvalue weighted by Crippen LogP contribution is -2.36. The van der Waals surface area contributed by atoms with Gasteiger partial charge in [0.05, 0.1) is 11.6 Å². The predicted octanol–water partition coefficient (Wildman–Crippen LogP) is 3.16. The van der Waals surface area contributed by atoms with Crippen molar-refractivity contribution in [2.45, 2.75) is 32.5 Å². The molecule has 0 radical (unpaired) electrons. The van der Waals surface area contributed by atoms with Gasteiger partial charge in [-0.25, -0.2) is 4.39 Å². The number of carbonyl (C=O) groups excluding carboxylic acids is 1. The number of nitrogens with one attached hydrogen (secondary N) is 1. The van der Waals surface area contributed by atoms with Gasteiger partial charge in [-0.05, 0) is 30.5 Å². The van der Waals surface area contributed by atoms with E-state index in [1.165, 1.54) is 0 Å². The highest BCUT2D eigenvalue weighted by Crippen LogP contribution is 2.33. The monoisotopic (exact) mass is 292 g/mol. The fraction of sp³-hybridized carbons (Fsp3) is 0.462. The number of alkyl halides is 3. The minimum Gasteiger partial charge on any atom is -0.325 e. The maximum Gasteiger partial charge on any atom is 0.419 e. The Kier molecular flexibility index (Phi) is 5.10. The third-order valence-electron chi connectivity index (χ3n) is 2.60. The summed E-state index contributed by atoms with van der Waals surface area (Å²) in [4.78, 5) is 11.7. The van der Waals surface area contributed by atoms with Crippen LogP contribution in [-0.4, -0.2) is 11.9 Å². The Morgan fingerprint density at radius 1 is 1.35 bits per heavy atom. The first-order chi connectivity index (χ1) is 9.11. The Labute approximate surface area is 114 Å². The van der Waals surface area contributed by atoms with Gasteiger partial charge in [-0.1, -0.05) is 13.8 Å². The summed E-state index contributed by atoms with van der Waals surface area (Å²) in [5.74, 6) is -1.81. The Bertz CT molecular complexity index is 486. The summed E-state index contributed by atoms with van der Waals surface area (Å²) in [5.41, 5.74) is 4.05. The zero-order valence-electron chi connectivity index (χ0n) is 11.1. The zero-order chi connectivity index (χ0) is 15.5. The van der Waals surface area contributed by atoms with E-state index in [4.69, 9.17) is 5.73 Å². The highest BCUT2D eigenvalue weighted by Gasteiger charge is 2.34. The molecular formula is C13H16F4N2O. The first-order valence-corrected chi connectivity index (χ1v) is 6.04. The summed E-state index contributed by atoms with van der Waals surface area (Å²) < 4.78 is 50.6. The van der Waals surface area contributed by atoms with E-state index < -0.39 is 29.5 Å². The van der Waals surface area contributed by atoms with Gasteiger partial charge in [-0.3, -0.25) is 4.79 Å². The molecule has 0 saturated heterocycles. The average molecular weight is 292 g/mol. The largest absolute Gasteiger partial charge is 0.419 e. The van der Waals surface area contributed by atoms with E-state index in [-0.39, 0.29) is 11.6 Å². The molecule has 1 rings (SSSR count). The van der Waals surface area contributed by atoms with E-state index in [9.17, 15) is 22.4 Å². The van der Waals surface area contributed by atoms with E-state index in [1.54, 1.807) is 0 Å². The number of halogens is 4. The van der Waals surface area contributed by atoms with Gasteiger partial charge in [-0.15, -0.1) is 0 Å². The third-order valence-corrected chi connectivity index (χ3v) is 2.60. The van der Waals surface area contributed by atoms with Crippen molar-refractivity contribution in [3.63, 3.8) is 0 Å². The highest BCUT2D eigenvalue weighted by molar-refractivity contribution is 5.94. The summed E-state index contributed by atoms with van der Waals surface area (Å²) in [7, 11) is 0. The molecule has 7 heteroatoms. The fourth-order valence-electron chi connectivity index (χ4n) is 1.67. The van der Waals surface area contributed by atoms with Crippen molar-refractivity contribution in [1.82, 2.24) is 0 Å². The smallest absolute Gasteiger partial charge is 0.325 e. The topological polar surface area (TPSA) is 55.1 Å². The van der Waals surface area contributed by atoms with Crippen LogP contribution >= 0.6 is 0 Å². The van der Waals surface area contributed by atoms with Gasteiger partial charge in [0.1, 0.15) is 5.82 Å². The fourth-order valence-corrected chi connectivity index (χ4v) is 1.67. The van der Waals surface area contributed by atoms with Gasteiger partial charge in [0, 0.05) is 5.69 Å². The molecule has 0 heterocycles. The molecular weight excluding hydrogens is 276 g/mol. The normalized spacial score (nSPS) is 13.4. The van der Waals surface area contributed by atoms with E-state index in [0.717, 1.165) is 6.07 Å². The van der Waals surface area contributed by atoms with E-state index in [2.05, 4.69) is 5.32 Å². The number of carbonyl (C=O) groups is 1. The van der Waals surface area contributed by atoms with Crippen LogP contribution < -0.4 is 11.1 Å². The van der Waals surface area contributed by atoms with Crippen molar-refractivity contribution in [3.05, 3.63) is 29.6 Å². The van der Waals surface area contributed by atoms with Crippen molar-refractivity contribution < 1.29 is 22.4 Å². The van der Waals surface area contributed by atoms with Crippen LogP contribution in [-0.2, 0) is 11.0 Å². The molecule has 0 fully saturated rings. The van der Waals surface area contributed by atoms with Crippen molar-refractivity contribution in [1.29, 1.82) is 0 Å². The van der Waals surface area contributed by atoms with E-state index >= 15 is 0 Å². The lowest BCUT2D eigenvalue weighted by molar-refractivity contribution is -0.140. The van der Waals surface area contributed by atoms with Gasteiger partial charge < -0.3 is 11.1 Å². The van der Waals surface area contributed by atoms with Crippen LogP contribution in [0.3, 0.4) is 0 Å². The maximum atomic E-state index is 13.1. The van der Waals surface area contributed by atoms with Crippen LogP contribution in [0.15, 0.2) is 18.2 Å². The summed E-state index contributed by atoms with van der Waals surface area (Å²) in [5, 5.41) is 2.26. The molecule has 0 aliphatic rings. The molecule has 0 aliphatic carbocycles. The van der Waals surface area contributed by atoms with Crippen LogP contribution in [0.2, 0.25) is 0 Å². The molecule has 0 aromatic heterocycles.